The Morgan fingerprint density at radius 2 is 1.04 bits per heavy atom. The average molecular weight is 577 g/mol. The van der Waals surface area contributed by atoms with Gasteiger partial charge in [-0.05, 0) is 59.2 Å². The summed E-state index contributed by atoms with van der Waals surface area (Å²) >= 11 is 0. The van der Waals surface area contributed by atoms with Crippen LogP contribution in [0.25, 0.3) is 98.8 Å². The topological polar surface area (TPSA) is 52.1 Å². The van der Waals surface area contributed by atoms with Crippen LogP contribution in [0.5, 0.6) is 0 Å². The minimum Gasteiger partial charge on any atom is -0.456 e. The van der Waals surface area contributed by atoms with E-state index in [0.717, 1.165) is 93.6 Å². The number of hydrogen-bond acceptors (Lipinski definition) is 4. The van der Waals surface area contributed by atoms with Crippen LogP contribution in [0.2, 0.25) is 0 Å². The molecule has 0 atom stereocenters. The van der Waals surface area contributed by atoms with Crippen LogP contribution >= 0.6 is 0 Å². The molecule has 10 aromatic rings. The van der Waals surface area contributed by atoms with Crippen molar-refractivity contribution in [2.75, 3.05) is 0 Å². The molecule has 0 bridgehead atoms. The lowest BCUT2D eigenvalue weighted by molar-refractivity contribution is 0.651. The number of benzene rings is 7. The van der Waals surface area contributed by atoms with Crippen molar-refractivity contribution in [3.8, 4) is 22.4 Å². The minimum atomic E-state index is 0.851. The van der Waals surface area contributed by atoms with Gasteiger partial charge in [0.25, 0.3) is 0 Å². The first-order valence-electron chi connectivity index (χ1n) is 15.2. The summed E-state index contributed by atoms with van der Waals surface area (Å²) in [5.41, 5.74) is 10.5. The maximum absolute atomic E-state index is 6.40. The lowest BCUT2D eigenvalue weighted by Gasteiger charge is -2.11. The molecule has 0 N–H and O–H groups in total. The zero-order valence-electron chi connectivity index (χ0n) is 24.3. The highest BCUT2D eigenvalue weighted by Gasteiger charge is 2.18. The molecular formula is C41H24N2O2. The first-order chi connectivity index (χ1) is 22.2. The Hall–Kier alpha value is -6.00. The monoisotopic (exact) mass is 576 g/mol. The fraction of sp³-hybridized carbons (Fsp3) is 0.0244. The number of nitrogens with zero attached hydrogens (tertiary/aromatic N) is 2. The fourth-order valence-corrected chi connectivity index (χ4v) is 7.07. The largest absolute Gasteiger partial charge is 0.456 e. The second-order valence-electron chi connectivity index (χ2n) is 11.8. The van der Waals surface area contributed by atoms with Crippen molar-refractivity contribution in [3.63, 3.8) is 0 Å². The Morgan fingerprint density at radius 3 is 1.82 bits per heavy atom. The summed E-state index contributed by atoms with van der Waals surface area (Å²) in [5, 5.41) is 9.04. The molecule has 0 saturated heterocycles. The van der Waals surface area contributed by atoms with Crippen LogP contribution in [0.4, 0.5) is 0 Å². The molecule has 45 heavy (non-hydrogen) atoms. The van der Waals surface area contributed by atoms with Crippen LogP contribution in [0, 0.1) is 6.92 Å². The van der Waals surface area contributed by atoms with E-state index in [9.17, 15) is 0 Å². The van der Waals surface area contributed by atoms with Crippen LogP contribution in [-0.4, -0.2) is 9.97 Å². The van der Waals surface area contributed by atoms with Gasteiger partial charge in [-0.2, -0.15) is 0 Å². The van der Waals surface area contributed by atoms with Crippen LogP contribution in [-0.2, 0) is 0 Å². The summed E-state index contributed by atoms with van der Waals surface area (Å²) in [4.78, 5) is 10.2. The van der Waals surface area contributed by atoms with Gasteiger partial charge in [0, 0.05) is 43.4 Å². The third kappa shape index (κ3) is 3.48. The van der Waals surface area contributed by atoms with E-state index in [-0.39, 0.29) is 0 Å². The van der Waals surface area contributed by atoms with Crippen molar-refractivity contribution in [1.29, 1.82) is 0 Å². The molecule has 0 fully saturated rings. The highest BCUT2D eigenvalue weighted by atomic mass is 16.3. The molecule has 0 radical (unpaired) electrons. The second kappa shape index (κ2) is 9.01. The Labute approximate surface area is 257 Å². The quantitative estimate of drug-likeness (QED) is 0.192. The summed E-state index contributed by atoms with van der Waals surface area (Å²) in [7, 11) is 0. The van der Waals surface area contributed by atoms with Gasteiger partial charge in [0.1, 0.15) is 22.3 Å². The van der Waals surface area contributed by atoms with Crippen molar-refractivity contribution >= 4 is 76.5 Å². The van der Waals surface area contributed by atoms with Gasteiger partial charge in [-0.1, -0.05) is 91.0 Å². The molecule has 4 heteroatoms. The molecule has 10 rings (SSSR count). The minimum absolute atomic E-state index is 0.851. The molecule has 0 aliphatic carbocycles. The van der Waals surface area contributed by atoms with Crippen molar-refractivity contribution in [3.05, 3.63) is 133 Å². The Balaban J connectivity index is 1.14. The van der Waals surface area contributed by atoms with E-state index in [1.807, 2.05) is 18.3 Å². The number of furan rings is 2. The maximum atomic E-state index is 6.40. The molecule has 3 heterocycles. The predicted octanol–water partition coefficient (Wildman–Crippen LogP) is 11.4. The van der Waals surface area contributed by atoms with Gasteiger partial charge in [-0.25, -0.2) is 4.98 Å². The van der Waals surface area contributed by atoms with Crippen molar-refractivity contribution in [1.82, 2.24) is 9.97 Å². The smallest absolute Gasteiger partial charge is 0.142 e. The van der Waals surface area contributed by atoms with E-state index in [1.165, 1.54) is 10.8 Å². The molecule has 0 amide bonds. The number of aryl methyl sites for hydroxylation is 1. The second-order valence-corrected chi connectivity index (χ2v) is 11.8. The normalized spacial score (nSPS) is 12.1. The predicted molar refractivity (Wildman–Crippen MR) is 185 cm³/mol. The highest BCUT2D eigenvalue weighted by Crippen LogP contribution is 2.41. The third-order valence-electron chi connectivity index (χ3n) is 9.25. The number of hydrogen-bond donors (Lipinski definition) is 0. The summed E-state index contributed by atoms with van der Waals surface area (Å²) in [6.07, 6.45) is 1.90. The van der Waals surface area contributed by atoms with E-state index in [2.05, 4.69) is 116 Å². The number of para-hydroxylation sites is 1. The van der Waals surface area contributed by atoms with Gasteiger partial charge in [0.05, 0.1) is 22.9 Å². The molecule has 0 aliphatic heterocycles. The van der Waals surface area contributed by atoms with E-state index in [0.29, 0.717) is 0 Å². The van der Waals surface area contributed by atoms with Crippen LogP contribution < -0.4 is 0 Å². The Bertz CT molecular complexity index is 2800. The fourth-order valence-electron chi connectivity index (χ4n) is 7.07. The maximum Gasteiger partial charge on any atom is 0.142 e. The van der Waals surface area contributed by atoms with E-state index < -0.39 is 0 Å². The van der Waals surface area contributed by atoms with Gasteiger partial charge in [0.2, 0.25) is 0 Å². The van der Waals surface area contributed by atoms with Crippen LogP contribution in [0.3, 0.4) is 0 Å². The van der Waals surface area contributed by atoms with Crippen molar-refractivity contribution in [2.45, 2.75) is 6.92 Å². The molecule has 0 aliphatic rings. The zero-order valence-corrected chi connectivity index (χ0v) is 24.3. The molecule has 0 spiro atoms. The molecule has 0 saturated carbocycles. The van der Waals surface area contributed by atoms with E-state index in [4.69, 9.17) is 18.8 Å². The summed E-state index contributed by atoms with van der Waals surface area (Å²) < 4.78 is 12.6. The van der Waals surface area contributed by atoms with Gasteiger partial charge in [-0.3, -0.25) is 4.98 Å². The highest BCUT2D eigenvalue weighted by molar-refractivity contribution is 6.23. The first kappa shape index (κ1) is 24.4. The lowest BCUT2D eigenvalue weighted by atomic mass is 9.98. The lowest BCUT2D eigenvalue weighted by Crippen LogP contribution is -1.92. The molecule has 3 aromatic heterocycles. The van der Waals surface area contributed by atoms with E-state index in [1.54, 1.807) is 0 Å². The van der Waals surface area contributed by atoms with Gasteiger partial charge < -0.3 is 8.83 Å². The number of rotatable bonds is 2. The Kier molecular flexibility index (Phi) is 4.89. The number of aromatic nitrogens is 2. The van der Waals surface area contributed by atoms with Crippen molar-refractivity contribution < 1.29 is 8.83 Å². The van der Waals surface area contributed by atoms with Crippen LogP contribution in [0.15, 0.2) is 136 Å². The summed E-state index contributed by atoms with van der Waals surface area (Å²) in [6, 6.07) is 42.3. The van der Waals surface area contributed by atoms with Gasteiger partial charge in [0.15, 0.2) is 0 Å². The van der Waals surface area contributed by atoms with Crippen LogP contribution in [0.1, 0.15) is 5.56 Å². The van der Waals surface area contributed by atoms with E-state index >= 15 is 0 Å². The Morgan fingerprint density at radius 1 is 0.444 bits per heavy atom. The zero-order chi connectivity index (χ0) is 29.6. The van der Waals surface area contributed by atoms with Crippen molar-refractivity contribution in [2.24, 2.45) is 0 Å². The van der Waals surface area contributed by atoms with Gasteiger partial charge >= 0.3 is 0 Å². The standard InChI is InChI=1S/C41H24N2O2/c1-23-40-33(29-13-6-7-16-36(29)44-40)21-34-32-20-25(17-18-37(32)45-41(23)34)24-9-8-10-26(19-24)35-22-42-38-30-14-4-2-11-27(30)28-12-3-5-15-31(28)39(38)43-35/h2-22H,1H3. The average Bonchev–Trinajstić information content (AvgIpc) is 3.67. The first-order valence-corrected chi connectivity index (χ1v) is 15.2. The SMILES string of the molecule is Cc1c2oc3ccccc3c2cc2c1oc1ccc(-c3cccc(-c4cnc5c6ccccc6c6ccccc6c5n4)c3)cc12. The molecule has 4 nitrogen and oxygen atoms in total. The molecule has 7 aromatic carbocycles. The molecular weight excluding hydrogens is 552 g/mol. The molecule has 0 unspecified atom stereocenters. The molecule has 210 valence electrons. The third-order valence-corrected chi connectivity index (χ3v) is 9.25. The van der Waals surface area contributed by atoms with Gasteiger partial charge in [-0.15, -0.1) is 0 Å². The summed E-state index contributed by atoms with van der Waals surface area (Å²) in [5.74, 6) is 0. The summed E-state index contributed by atoms with van der Waals surface area (Å²) in [6.45, 7) is 2.08. The number of fused-ring (bicyclic) bond motifs is 12.